The second-order valence-corrected chi connectivity index (χ2v) is 6.86. The average molecular weight is 419 g/mol. The first-order valence-electron chi connectivity index (χ1n) is 8.66. The summed E-state index contributed by atoms with van der Waals surface area (Å²) in [6, 6.07) is 5.72. The zero-order valence-electron chi connectivity index (χ0n) is 15.7. The molecule has 0 bridgehead atoms. The highest BCUT2D eigenvalue weighted by molar-refractivity contribution is 7.20. The number of aromatic nitrogens is 2. The third-order valence-corrected chi connectivity index (χ3v) is 5.04. The van der Waals surface area contributed by atoms with E-state index in [-0.39, 0.29) is 30.6 Å². The molecule has 0 unspecified atom stereocenters. The number of hydrogen-bond donors (Lipinski definition) is 1. The number of hydrogen-bond acceptors (Lipinski definition) is 9. The van der Waals surface area contributed by atoms with Gasteiger partial charge in [-0.25, -0.2) is 23.9 Å². The SMILES string of the molecule is CCOC(=O)c1sc2nc(COC(=O)COc3ccccc3F)nc(N)c2c1C. The number of benzene rings is 1. The summed E-state index contributed by atoms with van der Waals surface area (Å²) in [5.74, 6) is -1.45. The van der Waals surface area contributed by atoms with Gasteiger partial charge in [0.25, 0.3) is 0 Å². The first-order chi connectivity index (χ1) is 13.9. The number of thiophene rings is 1. The van der Waals surface area contributed by atoms with Crippen LogP contribution in [-0.2, 0) is 20.9 Å². The van der Waals surface area contributed by atoms with Gasteiger partial charge in [-0.05, 0) is 31.5 Å². The van der Waals surface area contributed by atoms with E-state index in [0.717, 1.165) is 11.3 Å². The van der Waals surface area contributed by atoms with Gasteiger partial charge in [-0.15, -0.1) is 11.3 Å². The van der Waals surface area contributed by atoms with Gasteiger partial charge >= 0.3 is 11.9 Å². The second kappa shape index (κ2) is 8.82. The van der Waals surface area contributed by atoms with Crippen molar-refractivity contribution in [2.24, 2.45) is 0 Å². The minimum absolute atomic E-state index is 0.0491. The standard InChI is InChI=1S/C19H18FN3O5S/c1-3-26-19(25)16-10(2)15-17(21)22-13(23-18(15)29-16)8-28-14(24)9-27-12-7-5-4-6-11(12)20/h4-7H,3,8-9H2,1-2H3,(H2,21,22,23). The summed E-state index contributed by atoms with van der Waals surface area (Å²) in [5, 5.41) is 0.566. The summed E-state index contributed by atoms with van der Waals surface area (Å²) in [7, 11) is 0. The van der Waals surface area contributed by atoms with Crippen LogP contribution in [0.4, 0.5) is 10.2 Å². The van der Waals surface area contributed by atoms with E-state index in [2.05, 4.69) is 9.97 Å². The molecule has 0 radical (unpaired) electrons. The van der Waals surface area contributed by atoms with E-state index in [9.17, 15) is 14.0 Å². The number of carbonyl (C=O) groups excluding carboxylic acids is 2. The van der Waals surface area contributed by atoms with Gasteiger partial charge in [-0.3, -0.25) is 0 Å². The molecule has 8 nitrogen and oxygen atoms in total. The van der Waals surface area contributed by atoms with Crippen molar-refractivity contribution in [2.75, 3.05) is 18.9 Å². The molecular formula is C19H18FN3O5S. The number of halogens is 1. The number of anilines is 1. The van der Waals surface area contributed by atoms with Gasteiger partial charge in [-0.1, -0.05) is 12.1 Å². The van der Waals surface area contributed by atoms with Crippen molar-refractivity contribution >= 4 is 39.3 Å². The van der Waals surface area contributed by atoms with Gasteiger partial charge in [0.15, 0.2) is 30.6 Å². The number of nitrogens with two attached hydrogens (primary N) is 1. The fourth-order valence-corrected chi connectivity index (χ4v) is 3.66. The Kier molecular flexibility index (Phi) is 6.23. The molecule has 2 heterocycles. The average Bonchev–Trinajstić information content (AvgIpc) is 3.03. The van der Waals surface area contributed by atoms with Gasteiger partial charge in [0.05, 0.1) is 12.0 Å². The number of esters is 2. The van der Waals surface area contributed by atoms with Crippen LogP contribution in [0.15, 0.2) is 24.3 Å². The largest absolute Gasteiger partial charge is 0.479 e. The number of ether oxygens (including phenoxy) is 3. The maximum Gasteiger partial charge on any atom is 0.348 e. The fourth-order valence-electron chi connectivity index (χ4n) is 2.56. The molecule has 0 aliphatic heterocycles. The van der Waals surface area contributed by atoms with Crippen LogP contribution in [0, 0.1) is 12.7 Å². The lowest BCUT2D eigenvalue weighted by Crippen LogP contribution is -2.16. The minimum atomic E-state index is -0.718. The number of nitrogens with zero attached hydrogens (tertiary/aromatic N) is 2. The topological polar surface area (TPSA) is 114 Å². The summed E-state index contributed by atoms with van der Waals surface area (Å²) >= 11 is 1.13. The van der Waals surface area contributed by atoms with Gasteiger partial charge in [-0.2, -0.15) is 0 Å². The predicted octanol–water partition coefficient (Wildman–Crippen LogP) is 3.02. The molecule has 0 amide bonds. The molecule has 0 aliphatic rings. The smallest absolute Gasteiger partial charge is 0.348 e. The van der Waals surface area contributed by atoms with Gasteiger partial charge < -0.3 is 19.9 Å². The van der Waals surface area contributed by atoms with Gasteiger partial charge in [0, 0.05) is 0 Å². The van der Waals surface area contributed by atoms with Crippen molar-refractivity contribution in [1.82, 2.24) is 9.97 Å². The fraction of sp³-hybridized carbons (Fsp3) is 0.263. The highest BCUT2D eigenvalue weighted by Crippen LogP contribution is 2.33. The van der Waals surface area contributed by atoms with E-state index >= 15 is 0 Å². The molecule has 2 aromatic heterocycles. The van der Waals surface area contributed by atoms with Crippen LogP contribution in [-0.4, -0.2) is 35.1 Å². The van der Waals surface area contributed by atoms with Crippen LogP contribution in [0.25, 0.3) is 10.2 Å². The maximum absolute atomic E-state index is 13.5. The van der Waals surface area contributed by atoms with Crippen LogP contribution >= 0.6 is 11.3 Å². The van der Waals surface area contributed by atoms with E-state index in [1.54, 1.807) is 19.9 Å². The molecule has 3 aromatic rings. The van der Waals surface area contributed by atoms with E-state index in [4.69, 9.17) is 19.9 Å². The lowest BCUT2D eigenvalue weighted by Gasteiger charge is -2.07. The Morgan fingerprint density at radius 1 is 1.21 bits per heavy atom. The molecule has 0 fully saturated rings. The summed E-state index contributed by atoms with van der Waals surface area (Å²) in [6.45, 7) is 3.00. The molecule has 2 N–H and O–H groups in total. The van der Waals surface area contributed by atoms with E-state index in [1.807, 2.05) is 0 Å². The first-order valence-corrected chi connectivity index (χ1v) is 9.48. The molecule has 3 rings (SSSR count). The molecule has 0 aliphatic carbocycles. The van der Waals surface area contributed by atoms with Gasteiger partial charge in [0.2, 0.25) is 0 Å². The van der Waals surface area contributed by atoms with Crippen molar-refractivity contribution in [2.45, 2.75) is 20.5 Å². The second-order valence-electron chi connectivity index (χ2n) is 5.86. The quantitative estimate of drug-likeness (QED) is 0.582. The summed E-state index contributed by atoms with van der Waals surface area (Å²) in [5.41, 5.74) is 6.64. The Bertz CT molecular complexity index is 1070. The highest BCUT2D eigenvalue weighted by atomic mass is 32.1. The van der Waals surface area contributed by atoms with Gasteiger partial charge in [0.1, 0.15) is 15.5 Å². The third-order valence-electron chi connectivity index (χ3n) is 3.87. The Morgan fingerprint density at radius 2 is 1.97 bits per heavy atom. The maximum atomic E-state index is 13.5. The Hall–Kier alpha value is -3.27. The number of carbonyl (C=O) groups is 2. The minimum Gasteiger partial charge on any atom is -0.479 e. The molecule has 152 valence electrons. The molecular weight excluding hydrogens is 401 g/mol. The zero-order chi connectivity index (χ0) is 21.0. The number of nitrogen functional groups attached to an aromatic ring is 1. The van der Waals surface area contributed by atoms with E-state index in [1.165, 1.54) is 18.2 Å². The lowest BCUT2D eigenvalue weighted by atomic mass is 10.2. The zero-order valence-corrected chi connectivity index (χ0v) is 16.5. The lowest BCUT2D eigenvalue weighted by molar-refractivity contribution is -0.147. The van der Waals surface area contributed by atoms with Crippen molar-refractivity contribution in [1.29, 1.82) is 0 Å². The monoisotopic (exact) mass is 419 g/mol. The molecule has 1 aromatic carbocycles. The van der Waals surface area contributed by atoms with Crippen molar-refractivity contribution in [3.63, 3.8) is 0 Å². The normalized spacial score (nSPS) is 10.7. The van der Waals surface area contributed by atoms with Crippen LogP contribution in [0.3, 0.4) is 0 Å². The number of para-hydroxylation sites is 1. The van der Waals surface area contributed by atoms with Crippen molar-refractivity contribution in [3.8, 4) is 5.75 Å². The molecule has 0 atom stereocenters. The number of fused-ring (bicyclic) bond motifs is 1. The van der Waals surface area contributed by atoms with Crippen LogP contribution in [0.2, 0.25) is 0 Å². The van der Waals surface area contributed by atoms with E-state index < -0.39 is 24.4 Å². The molecule has 0 saturated heterocycles. The van der Waals surface area contributed by atoms with Crippen LogP contribution < -0.4 is 10.5 Å². The van der Waals surface area contributed by atoms with E-state index in [0.29, 0.717) is 20.7 Å². The Balaban J connectivity index is 1.68. The van der Waals surface area contributed by atoms with Crippen molar-refractivity contribution < 1.29 is 28.2 Å². The molecule has 0 spiro atoms. The number of aryl methyl sites for hydroxylation is 1. The summed E-state index contributed by atoms with van der Waals surface area (Å²) < 4.78 is 28.7. The number of rotatable bonds is 7. The summed E-state index contributed by atoms with van der Waals surface area (Å²) in [4.78, 5) is 33.2. The predicted molar refractivity (Wildman–Crippen MR) is 104 cm³/mol. The Morgan fingerprint density at radius 3 is 2.69 bits per heavy atom. The molecule has 10 heteroatoms. The third kappa shape index (κ3) is 4.60. The Labute approximate surface area is 169 Å². The first kappa shape index (κ1) is 20.5. The highest BCUT2D eigenvalue weighted by Gasteiger charge is 2.20. The van der Waals surface area contributed by atoms with Crippen LogP contribution in [0.5, 0.6) is 5.75 Å². The van der Waals surface area contributed by atoms with Crippen LogP contribution in [0.1, 0.15) is 28.0 Å². The van der Waals surface area contributed by atoms with Crippen molar-refractivity contribution in [3.05, 3.63) is 46.3 Å². The molecule has 0 saturated carbocycles. The molecule has 29 heavy (non-hydrogen) atoms. The summed E-state index contributed by atoms with van der Waals surface area (Å²) in [6.07, 6.45) is 0.